The summed E-state index contributed by atoms with van der Waals surface area (Å²) in [5.41, 5.74) is 0.143. The minimum Gasteiger partial charge on any atom is -0.461 e. The number of hydrogen-bond acceptors (Lipinski definition) is 5. The lowest BCUT2D eigenvalue weighted by Crippen LogP contribution is -2.48. The molecule has 9 heteroatoms. The Bertz CT molecular complexity index is 974. The van der Waals surface area contributed by atoms with Gasteiger partial charge in [0.15, 0.2) is 11.5 Å². The number of piperazine rings is 1. The van der Waals surface area contributed by atoms with Gasteiger partial charge in [0.05, 0.1) is 11.8 Å². The van der Waals surface area contributed by atoms with Crippen LogP contribution in [0.4, 0.5) is 13.2 Å². The molecule has 0 saturated carbocycles. The Balaban J connectivity index is 1.34. The summed E-state index contributed by atoms with van der Waals surface area (Å²) in [6.07, 6.45) is -2.85. The van der Waals surface area contributed by atoms with E-state index in [9.17, 15) is 18.0 Å². The van der Waals surface area contributed by atoms with E-state index in [2.05, 4.69) is 5.16 Å². The summed E-state index contributed by atoms with van der Waals surface area (Å²) >= 11 is 0. The van der Waals surface area contributed by atoms with Crippen molar-refractivity contribution in [2.75, 3.05) is 26.2 Å². The standard InChI is InChI=1S/C20H18F3N3O3/c21-20(22,23)15-4-1-3-14(11-15)13-25-6-8-26(9-7-25)19(27)16-12-18(29-24-16)17-5-2-10-28-17/h1-5,10-12H,6-9,13H2. The highest BCUT2D eigenvalue weighted by Gasteiger charge is 2.31. The lowest BCUT2D eigenvalue weighted by molar-refractivity contribution is -0.137. The minimum absolute atomic E-state index is 0.197. The molecule has 0 N–H and O–H groups in total. The Morgan fingerprint density at radius 1 is 1.03 bits per heavy atom. The van der Waals surface area contributed by atoms with Crippen LogP contribution in [0.1, 0.15) is 21.6 Å². The highest BCUT2D eigenvalue weighted by Crippen LogP contribution is 2.30. The van der Waals surface area contributed by atoms with Crippen molar-refractivity contribution >= 4 is 5.91 Å². The average Bonchev–Trinajstić information content (AvgIpc) is 3.39. The Labute approximate surface area is 164 Å². The molecule has 1 aliphatic rings. The van der Waals surface area contributed by atoms with Gasteiger partial charge >= 0.3 is 6.18 Å². The molecule has 0 spiro atoms. The molecule has 2 aromatic heterocycles. The van der Waals surface area contributed by atoms with Crippen LogP contribution in [-0.2, 0) is 12.7 Å². The van der Waals surface area contributed by atoms with Gasteiger partial charge in [0.25, 0.3) is 5.91 Å². The van der Waals surface area contributed by atoms with Crippen LogP contribution in [0.5, 0.6) is 0 Å². The number of rotatable bonds is 4. The van der Waals surface area contributed by atoms with Crippen molar-refractivity contribution in [2.45, 2.75) is 12.7 Å². The molecule has 4 rings (SSSR count). The number of benzene rings is 1. The first-order valence-corrected chi connectivity index (χ1v) is 9.08. The number of nitrogens with zero attached hydrogens (tertiary/aromatic N) is 3. The van der Waals surface area contributed by atoms with Crippen LogP contribution in [0.2, 0.25) is 0 Å². The fraction of sp³-hybridized carbons (Fsp3) is 0.300. The van der Waals surface area contributed by atoms with Gasteiger partial charge in [-0.2, -0.15) is 13.2 Å². The molecule has 3 aromatic rings. The summed E-state index contributed by atoms with van der Waals surface area (Å²) in [7, 11) is 0. The molecular formula is C20H18F3N3O3. The van der Waals surface area contributed by atoms with Gasteiger partial charge in [-0.25, -0.2) is 0 Å². The zero-order valence-corrected chi connectivity index (χ0v) is 15.4. The summed E-state index contributed by atoms with van der Waals surface area (Å²) in [5.74, 6) is 0.620. The summed E-state index contributed by atoms with van der Waals surface area (Å²) in [4.78, 5) is 16.3. The Morgan fingerprint density at radius 3 is 2.52 bits per heavy atom. The molecule has 1 amide bonds. The Morgan fingerprint density at radius 2 is 1.83 bits per heavy atom. The summed E-state index contributed by atoms with van der Waals surface area (Å²) < 4.78 is 49.0. The maximum atomic E-state index is 12.9. The molecule has 0 atom stereocenters. The molecule has 1 fully saturated rings. The summed E-state index contributed by atoms with van der Waals surface area (Å²) in [6, 6.07) is 10.3. The minimum atomic E-state index is -4.35. The molecule has 1 aliphatic heterocycles. The molecule has 6 nitrogen and oxygen atoms in total. The fourth-order valence-corrected chi connectivity index (χ4v) is 3.29. The molecule has 29 heavy (non-hydrogen) atoms. The van der Waals surface area contributed by atoms with Crippen LogP contribution in [0, 0.1) is 0 Å². The topological polar surface area (TPSA) is 62.7 Å². The molecule has 0 unspecified atom stereocenters. The molecule has 0 bridgehead atoms. The number of alkyl halides is 3. The largest absolute Gasteiger partial charge is 0.461 e. The van der Waals surface area contributed by atoms with Crippen LogP contribution in [0.25, 0.3) is 11.5 Å². The first kappa shape index (κ1) is 19.3. The number of halogens is 3. The zero-order chi connectivity index (χ0) is 20.4. The molecule has 3 heterocycles. The highest BCUT2D eigenvalue weighted by atomic mass is 19.4. The molecule has 152 valence electrons. The van der Waals surface area contributed by atoms with E-state index in [0.717, 1.165) is 6.07 Å². The smallest absolute Gasteiger partial charge is 0.416 e. The number of carbonyl (C=O) groups is 1. The van der Waals surface area contributed by atoms with Crippen LogP contribution in [-0.4, -0.2) is 47.0 Å². The van der Waals surface area contributed by atoms with Crippen molar-refractivity contribution < 1.29 is 26.9 Å². The Kier molecular flexibility index (Phi) is 5.14. The molecule has 1 saturated heterocycles. The van der Waals surface area contributed by atoms with Crippen molar-refractivity contribution in [3.8, 4) is 11.5 Å². The van der Waals surface area contributed by atoms with Crippen LogP contribution in [0.15, 0.2) is 57.7 Å². The summed E-state index contributed by atoms with van der Waals surface area (Å²) in [5, 5.41) is 3.82. The molecule has 0 radical (unpaired) electrons. The van der Waals surface area contributed by atoms with Gasteiger partial charge in [-0.15, -0.1) is 0 Å². The van der Waals surface area contributed by atoms with E-state index in [1.54, 1.807) is 23.1 Å². The third-order valence-electron chi connectivity index (χ3n) is 4.81. The van der Waals surface area contributed by atoms with Gasteiger partial charge in [0.2, 0.25) is 5.76 Å². The molecular weight excluding hydrogens is 387 g/mol. The SMILES string of the molecule is O=C(c1cc(-c2ccco2)on1)N1CCN(Cc2cccc(C(F)(F)F)c2)CC1. The monoisotopic (exact) mass is 405 g/mol. The van der Waals surface area contributed by atoms with Gasteiger partial charge in [0.1, 0.15) is 0 Å². The lowest BCUT2D eigenvalue weighted by Gasteiger charge is -2.34. The number of aromatic nitrogens is 1. The van der Waals surface area contributed by atoms with Gasteiger partial charge in [-0.3, -0.25) is 9.69 Å². The third kappa shape index (κ3) is 4.34. The first-order chi connectivity index (χ1) is 13.9. The third-order valence-corrected chi connectivity index (χ3v) is 4.81. The maximum absolute atomic E-state index is 12.9. The second-order valence-electron chi connectivity index (χ2n) is 6.82. The van der Waals surface area contributed by atoms with Crippen molar-refractivity contribution in [1.29, 1.82) is 0 Å². The van der Waals surface area contributed by atoms with E-state index >= 15 is 0 Å². The predicted molar refractivity (Wildman–Crippen MR) is 96.8 cm³/mol. The van der Waals surface area contributed by atoms with E-state index in [1.165, 1.54) is 24.5 Å². The number of hydrogen-bond donors (Lipinski definition) is 0. The number of furan rings is 1. The number of carbonyl (C=O) groups excluding carboxylic acids is 1. The van der Waals surface area contributed by atoms with Gasteiger partial charge < -0.3 is 13.8 Å². The van der Waals surface area contributed by atoms with E-state index < -0.39 is 11.7 Å². The summed E-state index contributed by atoms with van der Waals surface area (Å²) in [6.45, 7) is 2.44. The average molecular weight is 405 g/mol. The fourth-order valence-electron chi connectivity index (χ4n) is 3.29. The molecule has 1 aromatic carbocycles. The quantitative estimate of drug-likeness (QED) is 0.659. The van der Waals surface area contributed by atoms with Crippen molar-refractivity contribution in [1.82, 2.24) is 15.0 Å². The van der Waals surface area contributed by atoms with E-state index in [0.29, 0.717) is 49.8 Å². The second kappa shape index (κ2) is 7.75. The predicted octanol–water partition coefficient (Wildman–Crippen LogP) is 3.91. The van der Waals surface area contributed by atoms with Gasteiger partial charge in [-0.1, -0.05) is 23.4 Å². The van der Waals surface area contributed by atoms with Crippen LogP contribution >= 0.6 is 0 Å². The lowest BCUT2D eigenvalue weighted by atomic mass is 10.1. The second-order valence-corrected chi connectivity index (χ2v) is 6.82. The normalized spacial score (nSPS) is 15.6. The van der Waals surface area contributed by atoms with Gasteiger partial charge in [-0.05, 0) is 23.8 Å². The zero-order valence-electron chi connectivity index (χ0n) is 15.4. The van der Waals surface area contributed by atoms with E-state index in [-0.39, 0.29) is 11.6 Å². The van der Waals surface area contributed by atoms with Crippen molar-refractivity contribution in [3.63, 3.8) is 0 Å². The Hall–Kier alpha value is -3.07. The maximum Gasteiger partial charge on any atom is 0.416 e. The number of amides is 1. The van der Waals surface area contributed by atoms with Crippen LogP contribution in [0.3, 0.4) is 0 Å². The van der Waals surface area contributed by atoms with Crippen molar-refractivity contribution in [3.05, 3.63) is 65.5 Å². The molecule has 0 aliphatic carbocycles. The van der Waals surface area contributed by atoms with Crippen LogP contribution < -0.4 is 0 Å². The first-order valence-electron chi connectivity index (χ1n) is 9.08. The van der Waals surface area contributed by atoms with E-state index in [4.69, 9.17) is 8.94 Å². The van der Waals surface area contributed by atoms with E-state index in [1.807, 2.05) is 4.90 Å². The van der Waals surface area contributed by atoms with Gasteiger partial charge in [0, 0.05) is 38.8 Å². The highest BCUT2D eigenvalue weighted by molar-refractivity contribution is 5.93. The van der Waals surface area contributed by atoms with Crippen molar-refractivity contribution in [2.24, 2.45) is 0 Å².